The van der Waals surface area contributed by atoms with Crippen molar-refractivity contribution in [1.29, 1.82) is 0 Å². The molecule has 0 saturated heterocycles. The van der Waals surface area contributed by atoms with Crippen LogP contribution in [0.2, 0.25) is 0 Å². The Labute approximate surface area is 118 Å². The number of carbonyl (C=O) groups is 1. The van der Waals surface area contributed by atoms with Gasteiger partial charge in [-0.3, -0.25) is 9.48 Å². The van der Waals surface area contributed by atoms with Crippen LogP contribution in [0.5, 0.6) is 5.75 Å². The lowest BCUT2D eigenvalue weighted by atomic mass is 10.3. The van der Waals surface area contributed by atoms with Crippen molar-refractivity contribution >= 4 is 11.6 Å². The van der Waals surface area contributed by atoms with E-state index in [2.05, 4.69) is 10.4 Å². The average Bonchev–Trinajstić information content (AvgIpc) is 2.91. The predicted molar refractivity (Wildman–Crippen MR) is 77.7 cm³/mol. The first-order valence-corrected chi connectivity index (χ1v) is 6.67. The quantitative estimate of drug-likeness (QED) is 0.880. The maximum atomic E-state index is 11.8. The van der Waals surface area contributed by atoms with Crippen LogP contribution in [-0.4, -0.2) is 21.8 Å². The van der Waals surface area contributed by atoms with Crippen molar-refractivity contribution in [3.8, 4) is 5.75 Å². The lowest BCUT2D eigenvalue weighted by Crippen LogP contribution is -2.14. The maximum Gasteiger partial charge on any atom is 0.226 e. The Morgan fingerprint density at radius 1 is 1.35 bits per heavy atom. The summed E-state index contributed by atoms with van der Waals surface area (Å²) in [5.74, 6) is 0.771. The Bertz CT molecular complexity index is 533. The Hall–Kier alpha value is -2.30. The predicted octanol–water partition coefficient (Wildman–Crippen LogP) is 2.70. The molecule has 5 nitrogen and oxygen atoms in total. The largest absolute Gasteiger partial charge is 0.491 e. The van der Waals surface area contributed by atoms with E-state index in [0.29, 0.717) is 13.0 Å². The molecule has 0 atom stereocenters. The molecule has 0 aliphatic heterocycles. The van der Waals surface area contributed by atoms with E-state index in [1.807, 2.05) is 50.4 Å². The number of aryl methyl sites for hydroxylation is 1. The van der Waals surface area contributed by atoms with Crippen LogP contribution in [-0.2, 0) is 11.3 Å². The van der Waals surface area contributed by atoms with E-state index in [1.54, 1.807) is 10.9 Å². The minimum Gasteiger partial charge on any atom is -0.491 e. The highest BCUT2D eigenvalue weighted by Crippen LogP contribution is 2.17. The molecule has 106 valence electrons. The molecule has 2 aromatic rings. The zero-order valence-electron chi connectivity index (χ0n) is 11.7. The number of ether oxygens (including phenoxy) is 1. The maximum absolute atomic E-state index is 11.8. The monoisotopic (exact) mass is 273 g/mol. The van der Waals surface area contributed by atoms with Gasteiger partial charge in [-0.2, -0.15) is 5.10 Å². The number of amides is 1. The zero-order chi connectivity index (χ0) is 14.4. The molecule has 0 aliphatic rings. The van der Waals surface area contributed by atoms with Crippen LogP contribution in [0.3, 0.4) is 0 Å². The fraction of sp³-hybridized carbons (Fsp3) is 0.333. The van der Waals surface area contributed by atoms with Gasteiger partial charge < -0.3 is 10.1 Å². The molecule has 2 rings (SSSR count). The van der Waals surface area contributed by atoms with Crippen molar-refractivity contribution in [2.24, 2.45) is 0 Å². The van der Waals surface area contributed by atoms with Gasteiger partial charge in [-0.15, -0.1) is 0 Å². The fourth-order valence-corrected chi connectivity index (χ4v) is 1.76. The summed E-state index contributed by atoms with van der Waals surface area (Å²) in [4.78, 5) is 11.8. The summed E-state index contributed by atoms with van der Waals surface area (Å²) >= 11 is 0. The topological polar surface area (TPSA) is 56.1 Å². The molecule has 0 radical (unpaired) electrons. The molecular formula is C15H19N3O2. The molecule has 0 spiro atoms. The zero-order valence-corrected chi connectivity index (χ0v) is 11.7. The molecule has 1 heterocycles. The summed E-state index contributed by atoms with van der Waals surface area (Å²) in [7, 11) is 0. The summed E-state index contributed by atoms with van der Waals surface area (Å²) < 4.78 is 7.28. The Balaban J connectivity index is 1.81. The van der Waals surface area contributed by atoms with Crippen molar-refractivity contribution in [2.45, 2.75) is 32.9 Å². The van der Waals surface area contributed by atoms with E-state index in [1.165, 1.54) is 0 Å². The van der Waals surface area contributed by atoms with Crippen LogP contribution in [0, 0.1) is 0 Å². The molecule has 20 heavy (non-hydrogen) atoms. The Kier molecular flexibility index (Phi) is 4.76. The first-order valence-electron chi connectivity index (χ1n) is 6.67. The summed E-state index contributed by atoms with van der Waals surface area (Å²) in [5.41, 5.74) is 0.770. The van der Waals surface area contributed by atoms with Crippen LogP contribution in [0.1, 0.15) is 20.3 Å². The molecule has 5 heteroatoms. The second kappa shape index (κ2) is 6.75. The van der Waals surface area contributed by atoms with E-state index >= 15 is 0 Å². The lowest BCUT2D eigenvalue weighted by Gasteiger charge is -2.10. The highest BCUT2D eigenvalue weighted by Gasteiger charge is 2.04. The van der Waals surface area contributed by atoms with Gasteiger partial charge >= 0.3 is 0 Å². The van der Waals surface area contributed by atoms with Crippen molar-refractivity contribution in [3.63, 3.8) is 0 Å². The number of nitrogens with zero attached hydrogens (tertiary/aromatic N) is 2. The first kappa shape index (κ1) is 14.1. The van der Waals surface area contributed by atoms with Gasteiger partial charge in [-0.25, -0.2) is 0 Å². The van der Waals surface area contributed by atoms with Crippen LogP contribution in [0.4, 0.5) is 5.69 Å². The SMILES string of the molecule is CC(C)Oc1ccc(NC(=O)CCn2cccn2)cc1. The summed E-state index contributed by atoms with van der Waals surface area (Å²) in [6.07, 6.45) is 4.08. The normalized spacial score (nSPS) is 10.6. The molecule has 0 aliphatic carbocycles. The molecular weight excluding hydrogens is 254 g/mol. The first-order chi connectivity index (χ1) is 9.63. The van der Waals surface area contributed by atoms with E-state index in [-0.39, 0.29) is 12.0 Å². The summed E-state index contributed by atoms with van der Waals surface area (Å²) in [6, 6.07) is 9.21. The third-order valence-electron chi connectivity index (χ3n) is 2.64. The smallest absolute Gasteiger partial charge is 0.226 e. The second-order valence-corrected chi connectivity index (χ2v) is 4.76. The van der Waals surface area contributed by atoms with Crippen LogP contribution in [0.15, 0.2) is 42.7 Å². The van der Waals surface area contributed by atoms with E-state index < -0.39 is 0 Å². The van der Waals surface area contributed by atoms with Gasteiger partial charge in [0.2, 0.25) is 5.91 Å². The van der Waals surface area contributed by atoms with Gasteiger partial charge in [-0.05, 0) is 44.2 Å². The van der Waals surface area contributed by atoms with Crippen LogP contribution in [0.25, 0.3) is 0 Å². The number of hydrogen-bond acceptors (Lipinski definition) is 3. The minimum absolute atomic E-state index is 0.0296. The van der Waals surface area contributed by atoms with E-state index in [4.69, 9.17) is 4.74 Å². The number of nitrogens with one attached hydrogen (secondary N) is 1. The summed E-state index contributed by atoms with van der Waals surface area (Å²) in [5, 5.41) is 6.90. The van der Waals surface area contributed by atoms with E-state index in [0.717, 1.165) is 11.4 Å². The number of benzene rings is 1. The molecule has 0 bridgehead atoms. The highest BCUT2D eigenvalue weighted by molar-refractivity contribution is 5.90. The van der Waals surface area contributed by atoms with Gasteiger partial charge in [0, 0.05) is 31.0 Å². The molecule has 1 amide bonds. The molecule has 0 saturated carbocycles. The number of hydrogen-bond donors (Lipinski definition) is 1. The molecule has 1 aromatic carbocycles. The fourth-order valence-electron chi connectivity index (χ4n) is 1.76. The van der Waals surface area contributed by atoms with Crippen LogP contribution >= 0.6 is 0 Å². The second-order valence-electron chi connectivity index (χ2n) is 4.76. The third-order valence-corrected chi connectivity index (χ3v) is 2.64. The standard InChI is InChI=1S/C15H19N3O2/c1-12(2)20-14-6-4-13(5-7-14)17-15(19)8-11-18-10-3-9-16-18/h3-7,9-10,12H,8,11H2,1-2H3,(H,17,19). The highest BCUT2D eigenvalue weighted by atomic mass is 16.5. The molecule has 0 unspecified atom stereocenters. The number of aromatic nitrogens is 2. The number of anilines is 1. The minimum atomic E-state index is -0.0296. The third kappa shape index (κ3) is 4.42. The van der Waals surface area contributed by atoms with Crippen molar-refractivity contribution in [1.82, 2.24) is 9.78 Å². The van der Waals surface area contributed by atoms with Gasteiger partial charge in [0.1, 0.15) is 5.75 Å². The Morgan fingerprint density at radius 3 is 2.70 bits per heavy atom. The summed E-state index contributed by atoms with van der Waals surface area (Å²) in [6.45, 7) is 4.53. The van der Waals surface area contributed by atoms with Crippen LogP contribution < -0.4 is 10.1 Å². The molecule has 1 aromatic heterocycles. The Morgan fingerprint density at radius 2 is 2.10 bits per heavy atom. The van der Waals surface area contributed by atoms with Crippen molar-refractivity contribution in [3.05, 3.63) is 42.7 Å². The number of carbonyl (C=O) groups excluding carboxylic acids is 1. The lowest BCUT2D eigenvalue weighted by molar-refractivity contribution is -0.116. The van der Waals surface area contributed by atoms with Gasteiger partial charge in [0.15, 0.2) is 0 Å². The van der Waals surface area contributed by atoms with E-state index in [9.17, 15) is 4.79 Å². The number of rotatable bonds is 6. The van der Waals surface area contributed by atoms with Crippen molar-refractivity contribution in [2.75, 3.05) is 5.32 Å². The van der Waals surface area contributed by atoms with Gasteiger partial charge in [0.05, 0.1) is 6.10 Å². The molecule has 0 fully saturated rings. The van der Waals surface area contributed by atoms with Gasteiger partial charge in [0.25, 0.3) is 0 Å². The molecule has 1 N–H and O–H groups in total. The average molecular weight is 273 g/mol. The van der Waals surface area contributed by atoms with Gasteiger partial charge in [-0.1, -0.05) is 0 Å². The van der Waals surface area contributed by atoms with Crippen molar-refractivity contribution < 1.29 is 9.53 Å².